The van der Waals surface area contributed by atoms with Crippen LogP contribution in [0, 0.1) is 6.92 Å². The van der Waals surface area contributed by atoms with Crippen LogP contribution in [0.1, 0.15) is 26.5 Å². The fourth-order valence-electron chi connectivity index (χ4n) is 3.79. The maximum Gasteiger partial charge on any atom is 0.337 e. The van der Waals surface area contributed by atoms with E-state index in [1.165, 1.54) is 23.6 Å². The van der Waals surface area contributed by atoms with Gasteiger partial charge in [-0.2, -0.15) is 0 Å². The summed E-state index contributed by atoms with van der Waals surface area (Å²) in [5.74, 6) is -1.47. The fourth-order valence-corrected chi connectivity index (χ4v) is 4.03. The third kappa shape index (κ3) is 4.36. The third-order valence-electron chi connectivity index (χ3n) is 5.39. The molecular weight excluding hydrogens is 418 g/mol. The Hall–Kier alpha value is -3.45. The highest BCUT2D eigenvalue weighted by Crippen LogP contribution is 2.34. The predicted octanol–water partition coefficient (Wildman–Crippen LogP) is 4.52. The quantitative estimate of drug-likeness (QED) is 0.608. The van der Waals surface area contributed by atoms with Crippen molar-refractivity contribution >= 4 is 40.5 Å². The lowest BCUT2D eigenvalue weighted by atomic mass is 10.1. The molecule has 2 N–H and O–H groups in total. The van der Waals surface area contributed by atoms with Crippen molar-refractivity contribution in [2.45, 2.75) is 6.92 Å². The van der Waals surface area contributed by atoms with Gasteiger partial charge in [0.25, 0.3) is 5.91 Å². The Kier molecular flexibility index (Phi) is 5.86. The number of nitrogens with zero attached hydrogens (tertiary/aromatic N) is 2. The van der Waals surface area contributed by atoms with Crippen molar-refractivity contribution in [3.8, 4) is 0 Å². The number of carbonyl (C=O) groups excluding carboxylic acids is 1. The topological polar surface area (TPSA) is 86.0 Å². The lowest BCUT2D eigenvalue weighted by Crippen LogP contribution is -2.47. The lowest BCUT2D eigenvalue weighted by molar-refractivity contribution is 0.0696. The molecule has 1 aromatic heterocycles. The maximum atomic E-state index is 12.5. The van der Waals surface area contributed by atoms with Crippen LogP contribution in [0.3, 0.4) is 0 Å². The lowest BCUT2D eigenvalue weighted by Gasteiger charge is -2.38. The minimum atomic E-state index is -1.16. The number of anilines is 3. The number of carbonyl (C=O) groups is 2. The van der Waals surface area contributed by atoms with Crippen LogP contribution in [0.25, 0.3) is 0 Å². The van der Waals surface area contributed by atoms with E-state index in [2.05, 4.69) is 34.2 Å². The Morgan fingerprint density at radius 1 is 1.00 bits per heavy atom. The van der Waals surface area contributed by atoms with Gasteiger partial charge < -0.3 is 24.6 Å². The molecule has 0 saturated carbocycles. The highest BCUT2D eigenvalue weighted by molar-refractivity contribution is 6.34. The molecule has 0 aliphatic carbocycles. The molecule has 0 unspecified atom stereocenters. The van der Waals surface area contributed by atoms with Crippen molar-refractivity contribution in [1.29, 1.82) is 0 Å². The van der Waals surface area contributed by atoms with Crippen LogP contribution in [0.5, 0.6) is 0 Å². The number of para-hydroxylation sites is 1. The number of amides is 1. The average molecular weight is 440 g/mol. The van der Waals surface area contributed by atoms with Gasteiger partial charge in [-0.25, -0.2) is 4.79 Å². The Balaban J connectivity index is 1.60. The van der Waals surface area contributed by atoms with Crippen LogP contribution < -0.4 is 15.1 Å². The molecule has 1 aliphatic heterocycles. The minimum Gasteiger partial charge on any atom is -0.478 e. The van der Waals surface area contributed by atoms with Crippen molar-refractivity contribution in [2.75, 3.05) is 41.3 Å². The SMILES string of the molecule is Cc1ccccc1N1CCN(c2cc(Cl)c(C(=O)O)cc2NC(=O)c2ccco2)CC1. The first kappa shape index (κ1) is 20.8. The van der Waals surface area contributed by atoms with Crippen LogP contribution in [-0.4, -0.2) is 43.2 Å². The zero-order valence-electron chi connectivity index (χ0n) is 17.0. The summed E-state index contributed by atoms with van der Waals surface area (Å²) in [6.07, 6.45) is 1.41. The summed E-state index contributed by atoms with van der Waals surface area (Å²) in [4.78, 5) is 28.5. The number of hydrogen-bond acceptors (Lipinski definition) is 5. The first-order chi connectivity index (χ1) is 14.9. The van der Waals surface area contributed by atoms with Gasteiger partial charge in [0.1, 0.15) is 0 Å². The molecule has 160 valence electrons. The molecule has 0 spiro atoms. The van der Waals surface area contributed by atoms with Gasteiger partial charge in [-0.1, -0.05) is 29.8 Å². The third-order valence-corrected chi connectivity index (χ3v) is 5.70. The molecule has 3 aromatic rings. The number of rotatable bonds is 5. The second-order valence-electron chi connectivity index (χ2n) is 7.35. The summed E-state index contributed by atoms with van der Waals surface area (Å²) in [6, 6.07) is 14.4. The number of benzene rings is 2. The highest BCUT2D eigenvalue weighted by atomic mass is 35.5. The number of aromatic carboxylic acids is 1. The molecule has 4 rings (SSSR count). The summed E-state index contributed by atoms with van der Waals surface area (Å²) in [5.41, 5.74) is 3.41. The number of nitrogens with one attached hydrogen (secondary N) is 1. The monoisotopic (exact) mass is 439 g/mol. The zero-order valence-corrected chi connectivity index (χ0v) is 17.7. The average Bonchev–Trinajstić information content (AvgIpc) is 3.30. The smallest absolute Gasteiger partial charge is 0.337 e. The van der Waals surface area contributed by atoms with Crippen molar-refractivity contribution in [3.05, 3.63) is 76.7 Å². The number of carboxylic acid groups (broad SMARTS) is 1. The molecule has 7 nitrogen and oxygen atoms in total. The molecule has 2 aromatic carbocycles. The van der Waals surface area contributed by atoms with Crippen molar-refractivity contribution in [1.82, 2.24) is 0 Å². The second kappa shape index (κ2) is 8.73. The largest absolute Gasteiger partial charge is 0.478 e. The molecule has 0 radical (unpaired) electrons. The Morgan fingerprint density at radius 2 is 1.68 bits per heavy atom. The van der Waals surface area contributed by atoms with Crippen LogP contribution in [0.2, 0.25) is 5.02 Å². The molecule has 31 heavy (non-hydrogen) atoms. The first-order valence-electron chi connectivity index (χ1n) is 9.91. The summed E-state index contributed by atoms with van der Waals surface area (Å²) in [7, 11) is 0. The minimum absolute atomic E-state index is 0.0706. The van der Waals surface area contributed by atoms with E-state index in [-0.39, 0.29) is 16.3 Å². The molecule has 0 atom stereocenters. The summed E-state index contributed by atoms with van der Waals surface area (Å²) in [5, 5.41) is 12.4. The highest BCUT2D eigenvalue weighted by Gasteiger charge is 2.24. The van der Waals surface area contributed by atoms with Crippen LogP contribution in [0.15, 0.2) is 59.2 Å². The molecule has 1 aliphatic rings. The Morgan fingerprint density at radius 3 is 2.29 bits per heavy atom. The molecule has 1 amide bonds. The number of piperazine rings is 1. The maximum absolute atomic E-state index is 12.5. The molecule has 2 heterocycles. The second-order valence-corrected chi connectivity index (χ2v) is 7.75. The normalized spacial score (nSPS) is 13.9. The van der Waals surface area contributed by atoms with Gasteiger partial charge in [-0.05, 0) is 42.8 Å². The van der Waals surface area contributed by atoms with Gasteiger partial charge >= 0.3 is 5.97 Å². The summed E-state index contributed by atoms with van der Waals surface area (Å²) < 4.78 is 5.15. The number of hydrogen-bond donors (Lipinski definition) is 2. The number of carboxylic acids is 1. The van der Waals surface area contributed by atoms with Crippen LogP contribution >= 0.6 is 11.6 Å². The summed E-state index contributed by atoms with van der Waals surface area (Å²) in [6.45, 7) is 5.05. The van der Waals surface area contributed by atoms with Gasteiger partial charge in [0, 0.05) is 31.9 Å². The first-order valence-corrected chi connectivity index (χ1v) is 10.3. The Bertz CT molecular complexity index is 1110. The molecule has 1 saturated heterocycles. The Labute approximate surface area is 184 Å². The van der Waals surface area contributed by atoms with E-state index in [4.69, 9.17) is 16.0 Å². The number of halogens is 1. The zero-order chi connectivity index (χ0) is 22.0. The molecular formula is C23H22ClN3O4. The van der Waals surface area contributed by atoms with Gasteiger partial charge in [-0.15, -0.1) is 0 Å². The van der Waals surface area contributed by atoms with E-state index >= 15 is 0 Å². The molecule has 8 heteroatoms. The molecule has 1 fully saturated rings. The van der Waals surface area contributed by atoms with E-state index in [1.54, 1.807) is 18.2 Å². The van der Waals surface area contributed by atoms with E-state index in [0.717, 1.165) is 13.1 Å². The standard InChI is InChI=1S/C23H22ClN3O4/c1-15-5-2-3-6-19(15)26-8-10-27(11-9-26)20-14-17(24)16(23(29)30)13-18(20)25-22(28)21-7-4-12-31-21/h2-7,12-14H,8-11H2,1H3,(H,25,28)(H,29,30). The van der Waals surface area contributed by atoms with Gasteiger partial charge in [0.05, 0.1) is 28.2 Å². The fraction of sp³-hybridized carbons (Fsp3) is 0.217. The number of aryl methyl sites for hydroxylation is 1. The summed E-state index contributed by atoms with van der Waals surface area (Å²) >= 11 is 6.25. The van der Waals surface area contributed by atoms with Gasteiger partial charge in [-0.3, -0.25) is 4.79 Å². The van der Waals surface area contributed by atoms with Crippen molar-refractivity contribution in [3.63, 3.8) is 0 Å². The van der Waals surface area contributed by atoms with Crippen molar-refractivity contribution < 1.29 is 19.1 Å². The molecule has 0 bridgehead atoms. The number of furan rings is 1. The van der Waals surface area contributed by atoms with E-state index < -0.39 is 11.9 Å². The van der Waals surface area contributed by atoms with Crippen molar-refractivity contribution in [2.24, 2.45) is 0 Å². The van der Waals surface area contributed by atoms with Crippen LogP contribution in [0.4, 0.5) is 17.1 Å². The van der Waals surface area contributed by atoms with E-state index in [1.807, 2.05) is 12.1 Å². The van der Waals surface area contributed by atoms with E-state index in [9.17, 15) is 14.7 Å². The van der Waals surface area contributed by atoms with Gasteiger partial charge in [0.2, 0.25) is 0 Å². The van der Waals surface area contributed by atoms with Crippen LogP contribution in [-0.2, 0) is 0 Å². The van der Waals surface area contributed by atoms with Gasteiger partial charge in [0.15, 0.2) is 5.76 Å². The van der Waals surface area contributed by atoms with E-state index in [0.29, 0.717) is 24.5 Å². The predicted molar refractivity (Wildman–Crippen MR) is 121 cm³/mol.